The van der Waals surface area contributed by atoms with E-state index in [4.69, 9.17) is 9.31 Å². The molecule has 1 aliphatic rings. The number of halogens is 1. The van der Waals surface area contributed by atoms with Crippen LogP contribution in [0.4, 0.5) is 4.39 Å². The smallest absolute Gasteiger partial charge is 0.405 e. The molecule has 0 aliphatic carbocycles. The average molecular weight is 290 g/mol. The van der Waals surface area contributed by atoms with Gasteiger partial charge in [0.15, 0.2) is 0 Å². The summed E-state index contributed by atoms with van der Waals surface area (Å²) in [4.78, 5) is 24.5. The fourth-order valence-electron chi connectivity index (χ4n) is 2.13. The van der Waals surface area contributed by atoms with Crippen LogP contribution in [-0.2, 0) is 15.9 Å². The van der Waals surface area contributed by atoms with Gasteiger partial charge in [-0.15, -0.1) is 0 Å². The van der Waals surface area contributed by atoms with Gasteiger partial charge in [0.2, 0.25) is 5.82 Å². The summed E-state index contributed by atoms with van der Waals surface area (Å²) >= 11 is 0. The Labute approximate surface area is 119 Å². The largest absolute Gasteiger partial charge is 0.494 e. The molecule has 1 N–H and O–H groups in total. The fourth-order valence-corrected chi connectivity index (χ4v) is 2.13. The number of hydrogen-bond donors (Lipinski definition) is 1. The number of H-pyrrole nitrogens is 1. The van der Waals surface area contributed by atoms with Crippen LogP contribution in [0.1, 0.15) is 5.56 Å². The SMILES string of the molecule is O=c1[nH]c(=O)n(Cc2ccc(B3OCCO3)cc2)cc1F. The summed E-state index contributed by atoms with van der Waals surface area (Å²) in [6.07, 6.45) is 0.901. The zero-order valence-corrected chi connectivity index (χ0v) is 11.0. The van der Waals surface area contributed by atoms with Crippen LogP contribution in [0.3, 0.4) is 0 Å². The van der Waals surface area contributed by atoms with Crippen molar-refractivity contribution in [2.75, 3.05) is 13.2 Å². The van der Waals surface area contributed by atoms with Crippen molar-refractivity contribution in [3.63, 3.8) is 0 Å². The molecule has 1 aliphatic heterocycles. The first-order chi connectivity index (χ1) is 10.1. The molecule has 8 heteroatoms. The Kier molecular flexibility index (Phi) is 3.72. The van der Waals surface area contributed by atoms with E-state index in [1.807, 2.05) is 17.1 Å². The number of rotatable bonds is 3. The molecule has 0 unspecified atom stereocenters. The number of aromatic nitrogens is 2. The predicted molar refractivity (Wildman–Crippen MR) is 74.1 cm³/mol. The summed E-state index contributed by atoms with van der Waals surface area (Å²) in [5.74, 6) is -0.987. The minimum atomic E-state index is -1.01. The normalized spacial score (nSPS) is 14.6. The summed E-state index contributed by atoms with van der Waals surface area (Å²) < 4.78 is 25.1. The zero-order valence-electron chi connectivity index (χ0n) is 11.0. The summed E-state index contributed by atoms with van der Waals surface area (Å²) in [5, 5.41) is 0. The van der Waals surface area contributed by atoms with Crippen molar-refractivity contribution in [1.29, 1.82) is 0 Å². The molecule has 2 aromatic rings. The molecule has 21 heavy (non-hydrogen) atoms. The number of aromatic amines is 1. The second-order valence-corrected chi connectivity index (χ2v) is 4.68. The minimum Gasteiger partial charge on any atom is -0.405 e. The van der Waals surface area contributed by atoms with Crippen LogP contribution in [0.2, 0.25) is 0 Å². The maximum atomic E-state index is 13.2. The average Bonchev–Trinajstić information content (AvgIpc) is 3.00. The van der Waals surface area contributed by atoms with E-state index >= 15 is 0 Å². The zero-order chi connectivity index (χ0) is 14.8. The van der Waals surface area contributed by atoms with Crippen LogP contribution >= 0.6 is 0 Å². The maximum Gasteiger partial charge on any atom is 0.494 e. The van der Waals surface area contributed by atoms with E-state index in [1.165, 1.54) is 0 Å². The third-order valence-corrected chi connectivity index (χ3v) is 3.19. The predicted octanol–water partition coefficient (Wildman–Crippen LogP) is -0.534. The lowest BCUT2D eigenvalue weighted by molar-refractivity contribution is 0.365. The topological polar surface area (TPSA) is 73.3 Å². The molecule has 1 aromatic heterocycles. The van der Waals surface area contributed by atoms with E-state index in [0.717, 1.165) is 21.8 Å². The van der Waals surface area contributed by atoms with E-state index in [-0.39, 0.29) is 13.7 Å². The van der Waals surface area contributed by atoms with E-state index in [1.54, 1.807) is 12.1 Å². The van der Waals surface area contributed by atoms with E-state index < -0.39 is 17.1 Å². The number of nitrogens with zero attached hydrogens (tertiary/aromatic N) is 1. The fraction of sp³-hybridized carbons (Fsp3) is 0.231. The lowest BCUT2D eigenvalue weighted by Gasteiger charge is -2.07. The Morgan fingerprint density at radius 2 is 1.86 bits per heavy atom. The third kappa shape index (κ3) is 2.96. The maximum absolute atomic E-state index is 13.2. The molecule has 1 aromatic carbocycles. The van der Waals surface area contributed by atoms with Gasteiger partial charge in [0.1, 0.15) is 0 Å². The van der Waals surface area contributed by atoms with Gasteiger partial charge in [0, 0.05) is 0 Å². The second kappa shape index (κ2) is 5.67. The Bertz CT molecular complexity index is 750. The highest BCUT2D eigenvalue weighted by atomic mass is 19.1. The van der Waals surface area contributed by atoms with E-state index in [2.05, 4.69) is 0 Å². The van der Waals surface area contributed by atoms with Crippen molar-refractivity contribution in [3.8, 4) is 0 Å². The summed E-state index contributed by atoms with van der Waals surface area (Å²) in [7, 11) is -0.354. The minimum absolute atomic E-state index is 0.166. The molecule has 1 saturated heterocycles. The molecule has 0 saturated carbocycles. The number of hydrogen-bond acceptors (Lipinski definition) is 4. The first-order valence-electron chi connectivity index (χ1n) is 6.45. The highest BCUT2D eigenvalue weighted by Crippen LogP contribution is 2.04. The van der Waals surface area contributed by atoms with Crippen LogP contribution in [-0.4, -0.2) is 29.9 Å². The first kappa shape index (κ1) is 13.8. The van der Waals surface area contributed by atoms with Gasteiger partial charge >= 0.3 is 12.8 Å². The van der Waals surface area contributed by atoms with Crippen molar-refractivity contribution in [2.24, 2.45) is 0 Å². The van der Waals surface area contributed by atoms with Crippen LogP contribution in [0, 0.1) is 5.82 Å². The third-order valence-electron chi connectivity index (χ3n) is 3.19. The van der Waals surface area contributed by atoms with Crippen LogP contribution in [0.25, 0.3) is 0 Å². The molecule has 2 heterocycles. The van der Waals surface area contributed by atoms with E-state index in [9.17, 15) is 14.0 Å². The monoisotopic (exact) mass is 290 g/mol. The summed E-state index contributed by atoms with van der Waals surface area (Å²) in [5.41, 5.74) is 0.0246. The summed E-state index contributed by atoms with van der Waals surface area (Å²) in [6.45, 7) is 1.30. The van der Waals surface area contributed by atoms with Crippen molar-refractivity contribution in [1.82, 2.24) is 9.55 Å². The molecule has 6 nitrogen and oxygen atoms in total. The van der Waals surface area contributed by atoms with Crippen molar-refractivity contribution < 1.29 is 13.7 Å². The van der Waals surface area contributed by atoms with Gasteiger partial charge in [-0.1, -0.05) is 24.3 Å². The highest BCUT2D eigenvalue weighted by Gasteiger charge is 2.25. The Morgan fingerprint density at radius 3 is 2.52 bits per heavy atom. The highest BCUT2D eigenvalue weighted by molar-refractivity contribution is 6.61. The van der Waals surface area contributed by atoms with Crippen LogP contribution in [0.15, 0.2) is 40.1 Å². The van der Waals surface area contributed by atoms with Gasteiger partial charge < -0.3 is 9.31 Å². The van der Waals surface area contributed by atoms with Gasteiger partial charge in [-0.25, -0.2) is 4.79 Å². The molecular weight excluding hydrogens is 278 g/mol. The van der Waals surface area contributed by atoms with Gasteiger partial charge in [0.05, 0.1) is 26.0 Å². The molecular formula is C13H12BFN2O4. The van der Waals surface area contributed by atoms with Gasteiger partial charge in [0.25, 0.3) is 5.56 Å². The number of benzene rings is 1. The molecule has 0 atom stereocenters. The van der Waals surface area contributed by atoms with Crippen LogP contribution in [0.5, 0.6) is 0 Å². The summed E-state index contributed by atoms with van der Waals surface area (Å²) in [6, 6.07) is 7.27. The molecule has 0 spiro atoms. The molecule has 3 rings (SSSR count). The molecule has 0 amide bonds. The van der Waals surface area contributed by atoms with Gasteiger partial charge in [-0.05, 0) is 11.0 Å². The van der Waals surface area contributed by atoms with Crippen molar-refractivity contribution in [2.45, 2.75) is 6.54 Å². The Balaban J connectivity index is 1.80. The lowest BCUT2D eigenvalue weighted by Crippen LogP contribution is -2.32. The van der Waals surface area contributed by atoms with Gasteiger partial charge in [-0.3, -0.25) is 14.3 Å². The van der Waals surface area contributed by atoms with Crippen molar-refractivity contribution in [3.05, 3.63) is 62.7 Å². The van der Waals surface area contributed by atoms with E-state index in [0.29, 0.717) is 13.2 Å². The second-order valence-electron chi connectivity index (χ2n) is 4.68. The standard InChI is InChI=1S/C13H12BFN2O4/c15-11-8-17(13(19)16-12(11)18)7-9-1-3-10(4-2-9)14-20-5-6-21-14/h1-4,8H,5-7H2,(H,16,18,19). The molecule has 1 fully saturated rings. The quantitative estimate of drug-likeness (QED) is 0.771. The van der Waals surface area contributed by atoms with Crippen molar-refractivity contribution >= 4 is 12.6 Å². The molecule has 0 radical (unpaired) electrons. The van der Waals surface area contributed by atoms with Crippen LogP contribution < -0.4 is 16.7 Å². The Morgan fingerprint density at radius 1 is 1.19 bits per heavy atom. The number of nitrogens with one attached hydrogen (secondary N) is 1. The first-order valence-corrected chi connectivity index (χ1v) is 6.45. The lowest BCUT2D eigenvalue weighted by atomic mass is 9.79. The molecule has 0 bridgehead atoms. The Hall–Kier alpha value is -2.19. The van der Waals surface area contributed by atoms with Gasteiger partial charge in [-0.2, -0.15) is 4.39 Å². The molecule has 108 valence electrons.